The molecule has 0 spiro atoms. The van der Waals surface area contributed by atoms with Gasteiger partial charge in [0.2, 0.25) is 11.8 Å². The maximum Gasteiger partial charge on any atom is 0.242 e. The van der Waals surface area contributed by atoms with Crippen LogP contribution >= 0.6 is 0 Å². The van der Waals surface area contributed by atoms with E-state index < -0.39 is 11.8 Å². The lowest BCUT2D eigenvalue weighted by atomic mass is 9.97. The molecule has 0 saturated heterocycles. The third-order valence-corrected chi connectivity index (χ3v) is 3.10. The van der Waals surface area contributed by atoms with Crippen molar-refractivity contribution >= 4 is 11.8 Å². The summed E-state index contributed by atoms with van der Waals surface area (Å²) < 4.78 is 0. The highest BCUT2D eigenvalue weighted by Gasteiger charge is 2.24. The normalized spacial score (nSPS) is 12.4. The number of rotatable bonds is 8. The summed E-state index contributed by atoms with van der Waals surface area (Å²) in [6.07, 6.45) is 0. The Morgan fingerprint density at radius 3 is 2.29 bits per heavy atom. The number of carbonyl (C=O) groups is 2. The molecule has 1 unspecified atom stereocenters. The molecule has 5 N–H and O–H groups in total. The van der Waals surface area contributed by atoms with E-state index in [9.17, 15) is 9.59 Å². The molecule has 6 nitrogen and oxygen atoms in total. The first-order valence-electron chi connectivity index (χ1n) is 7.00. The van der Waals surface area contributed by atoms with Gasteiger partial charge in [0.1, 0.15) is 0 Å². The van der Waals surface area contributed by atoms with E-state index in [1.165, 1.54) is 0 Å². The monoisotopic (exact) mass is 292 g/mol. The molecule has 6 heteroatoms. The van der Waals surface area contributed by atoms with Crippen LogP contribution < -0.4 is 17.0 Å². The van der Waals surface area contributed by atoms with Gasteiger partial charge in [-0.2, -0.15) is 0 Å². The van der Waals surface area contributed by atoms with Crippen LogP contribution in [0, 0.1) is 5.92 Å². The first-order chi connectivity index (χ1) is 9.93. The van der Waals surface area contributed by atoms with Gasteiger partial charge in [-0.05, 0) is 11.5 Å². The molecular weight excluding hydrogens is 268 g/mol. The molecule has 0 radical (unpaired) electrons. The van der Waals surface area contributed by atoms with Gasteiger partial charge in [0.15, 0.2) is 0 Å². The predicted molar refractivity (Wildman–Crippen MR) is 82.0 cm³/mol. The molecule has 1 atom stereocenters. The number of nitrogens with one attached hydrogen (secondary N) is 1. The molecule has 2 amide bonds. The minimum atomic E-state index is -0.436. The number of hydrogen-bond acceptors (Lipinski definition) is 4. The van der Waals surface area contributed by atoms with Gasteiger partial charge in [-0.15, -0.1) is 0 Å². The standard InChI is InChI=1S/C15H24N4O2/c1-11(2)8-19(10-14(16)20)9-13(15(21)18-17)12-6-4-3-5-7-12/h3-7,11,13H,8-10,17H2,1-2H3,(H2,16,20)(H,18,21). The topological polar surface area (TPSA) is 101 Å². The predicted octanol–water partition coefficient (Wildman–Crippen LogP) is 0.203. The van der Waals surface area contributed by atoms with Crippen molar-refractivity contribution in [3.05, 3.63) is 35.9 Å². The number of nitrogens with two attached hydrogens (primary N) is 2. The molecule has 0 fully saturated rings. The second kappa shape index (κ2) is 8.39. The second-order valence-corrected chi connectivity index (χ2v) is 5.53. The molecule has 0 aromatic heterocycles. The van der Waals surface area contributed by atoms with Crippen molar-refractivity contribution in [2.75, 3.05) is 19.6 Å². The van der Waals surface area contributed by atoms with E-state index in [0.29, 0.717) is 19.0 Å². The summed E-state index contributed by atoms with van der Waals surface area (Å²) in [7, 11) is 0. The Bertz CT molecular complexity index is 462. The van der Waals surface area contributed by atoms with Gasteiger partial charge in [-0.25, -0.2) is 5.84 Å². The largest absolute Gasteiger partial charge is 0.369 e. The summed E-state index contributed by atoms with van der Waals surface area (Å²) in [5.74, 6) is 4.52. The molecule has 1 aromatic carbocycles. The maximum absolute atomic E-state index is 12.0. The zero-order chi connectivity index (χ0) is 15.8. The third kappa shape index (κ3) is 5.93. The van der Waals surface area contributed by atoms with E-state index in [4.69, 9.17) is 11.6 Å². The summed E-state index contributed by atoms with van der Waals surface area (Å²) in [5.41, 5.74) is 8.34. The van der Waals surface area contributed by atoms with E-state index in [1.807, 2.05) is 35.2 Å². The molecule has 0 heterocycles. The second-order valence-electron chi connectivity index (χ2n) is 5.53. The first-order valence-corrected chi connectivity index (χ1v) is 7.00. The summed E-state index contributed by atoms with van der Waals surface area (Å²) in [4.78, 5) is 25.1. The lowest BCUT2D eigenvalue weighted by Crippen LogP contribution is -2.44. The zero-order valence-electron chi connectivity index (χ0n) is 12.6. The summed E-state index contributed by atoms with van der Waals surface area (Å²) in [5, 5.41) is 0. The Labute approximate surface area is 125 Å². The molecule has 1 aromatic rings. The molecule has 0 aliphatic carbocycles. The van der Waals surface area contributed by atoms with Gasteiger partial charge in [0.05, 0.1) is 12.5 Å². The molecule has 0 bridgehead atoms. The third-order valence-electron chi connectivity index (χ3n) is 3.10. The van der Waals surface area contributed by atoms with Crippen LogP contribution in [0.3, 0.4) is 0 Å². The number of amides is 2. The van der Waals surface area contributed by atoms with E-state index >= 15 is 0 Å². The minimum Gasteiger partial charge on any atom is -0.369 e. The quantitative estimate of drug-likeness (QED) is 0.362. The fraction of sp³-hybridized carbons (Fsp3) is 0.467. The fourth-order valence-electron chi connectivity index (χ4n) is 2.32. The van der Waals surface area contributed by atoms with Gasteiger partial charge < -0.3 is 5.73 Å². The maximum atomic E-state index is 12.0. The van der Waals surface area contributed by atoms with Crippen LogP contribution in [0.1, 0.15) is 25.3 Å². The van der Waals surface area contributed by atoms with E-state index in [-0.39, 0.29) is 12.5 Å². The summed E-state index contributed by atoms with van der Waals surface area (Å²) in [6.45, 7) is 5.31. The van der Waals surface area contributed by atoms with Crippen LogP contribution in [-0.4, -0.2) is 36.3 Å². The van der Waals surface area contributed by atoms with Crippen LogP contribution in [-0.2, 0) is 9.59 Å². The molecule has 0 saturated carbocycles. The number of primary amides is 1. The Kier molecular flexibility index (Phi) is 6.84. The molecule has 0 aliphatic heterocycles. The Hall–Kier alpha value is -1.92. The van der Waals surface area contributed by atoms with Crippen molar-refractivity contribution in [2.24, 2.45) is 17.5 Å². The first kappa shape index (κ1) is 17.1. The number of benzene rings is 1. The summed E-state index contributed by atoms with van der Waals surface area (Å²) >= 11 is 0. The van der Waals surface area contributed by atoms with Crippen LogP contribution in [0.25, 0.3) is 0 Å². The van der Waals surface area contributed by atoms with E-state index in [0.717, 1.165) is 5.56 Å². The highest BCUT2D eigenvalue weighted by molar-refractivity contribution is 5.83. The number of carbonyl (C=O) groups excluding carboxylic acids is 2. The Morgan fingerprint density at radius 2 is 1.81 bits per heavy atom. The van der Waals surface area contributed by atoms with E-state index in [2.05, 4.69) is 19.3 Å². The van der Waals surface area contributed by atoms with Crippen molar-refractivity contribution < 1.29 is 9.59 Å². The Balaban J connectivity index is 2.91. The van der Waals surface area contributed by atoms with Crippen LogP contribution in [0.4, 0.5) is 0 Å². The van der Waals surface area contributed by atoms with Crippen LogP contribution in [0.5, 0.6) is 0 Å². The van der Waals surface area contributed by atoms with Crippen molar-refractivity contribution in [2.45, 2.75) is 19.8 Å². The highest BCUT2D eigenvalue weighted by Crippen LogP contribution is 2.18. The SMILES string of the molecule is CC(C)CN(CC(N)=O)CC(C(=O)NN)c1ccccc1. The fourth-order valence-corrected chi connectivity index (χ4v) is 2.32. The van der Waals surface area contributed by atoms with Crippen molar-refractivity contribution in [1.29, 1.82) is 0 Å². The molecule has 116 valence electrons. The lowest BCUT2D eigenvalue weighted by molar-refractivity contribution is -0.124. The van der Waals surface area contributed by atoms with Crippen molar-refractivity contribution in [3.8, 4) is 0 Å². The average Bonchev–Trinajstić information content (AvgIpc) is 2.43. The average molecular weight is 292 g/mol. The van der Waals surface area contributed by atoms with Crippen LogP contribution in [0.15, 0.2) is 30.3 Å². The number of nitrogens with zero attached hydrogens (tertiary/aromatic N) is 1. The number of hydrazine groups is 1. The van der Waals surface area contributed by atoms with Gasteiger partial charge in [0, 0.05) is 13.1 Å². The van der Waals surface area contributed by atoms with Crippen molar-refractivity contribution in [1.82, 2.24) is 10.3 Å². The molecular formula is C15H24N4O2. The Morgan fingerprint density at radius 1 is 1.19 bits per heavy atom. The number of hydrogen-bond donors (Lipinski definition) is 3. The van der Waals surface area contributed by atoms with Gasteiger partial charge in [-0.3, -0.25) is 19.9 Å². The van der Waals surface area contributed by atoms with Crippen molar-refractivity contribution in [3.63, 3.8) is 0 Å². The van der Waals surface area contributed by atoms with Crippen LogP contribution in [0.2, 0.25) is 0 Å². The zero-order valence-corrected chi connectivity index (χ0v) is 12.6. The lowest BCUT2D eigenvalue weighted by Gasteiger charge is -2.27. The van der Waals surface area contributed by atoms with Gasteiger partial charge >= 0.3 is 0 Å². The summed E-state index contributed by atoms with van der Waals surface area (Å²) in [6, 6.07) is 9.37. The van der Waals surface area contributed by atoms with E-state index in [1.54, 1.807) is 0 Å². The van der Waals surface area contributed by atoms with Gasteiger partial charge in [0.25, 0.3) is 0 Å². The van der Waals surface area contributed by atoms with Gasteiger partial charge in [-0.1, -0.05) is 44.2 Å². The molecule has 0 aliphatic rings. The molecule has 1 rings (SSSR count). The molecule has 21 heavy (non-hydrogen) atoms. The smallest absolute Gasteiger partial charge is 0.242 e. The highest BCUT2D eigenvalue weighted by atomic mass is 16.2. The minimum absolute atomic E-state index is 0.124.